The Kier molecular flexibility index (Phi) is 4.33. The molecule has 0 aromatic carbocycles. The zero-order valence-electron chi connectivity index (χ0n) is 9.59. The van der Waals surface area contributed by atoms with Gasteiger partial charge in [-0.25, -0.2) is 0 Å². The zero-order valence-corrected chi connectivity index (χ0v) is 12.8. The van der Waals surface area contributed by atoms with Gasteiger partial charge in [-0.3, -0.25) is 0 Å². The minimum atomic E-state index is 0.503. The van der Waals surface area contributed by atoms with Gasteiger partial charge in [-0.1, -0.05) is 25.4 Å². The van der Waals surface area contributed by atoms with Crippen molar-refractivity contribution >= 4 is 38.9 Å². The molecule has 0 amide bonds. The number of nitrogens with one attached hydrogen (secondary N) is 1. The van der Waals surface area contributed by atoms with Crippen LogP contribution >= 0.6 is 38.9 Å². The first-order valence-corrected chi connectivity index (χ1v) is 7.80. The lowest BCUT2D eigenvalue weighted by Crippen LogP contribution is -2.23. The highest BCUT2D eigenvalue weighted by atomic mass is 79.9. The lowest BCUT2D eigenvalue weighted by atomic mass is 10.1. The van der Waals surface area contributed by atoms with Crippen LogP contribution in [-0.2, 0) is 0 Å². The molecular formula is C12H17BrClNS. The van der Waals surface area contributed by atoms with E-state index >= 15 is 0 Å². The van der Waals surface area contributed by atoms with Crippen molar-refractivity contribution in [3.8, 4) is 0 Å². The minimum absolute atomic E-state index is 0.503. The highest BCUT2D eigenvalue weighted by Gasteiger charge is 2.40. The third kappa shape index (κ3) is 2.81. The van der Waals surface area contributed by atoms with Crippen molar-refractivity contribution in [2.45, 2.75) is 32.7 Å². The quantitative estimate of drug-likeness (QED) is 0.816. The SMILES string of the molecule is CCCNC(c1cc(Br)c(Cl)s1)C1CC1C. The summed E-state index contributed by atoms with van der Waals surface area (Å²) in [5.41, 5.74) is 0. The van der Waals surface area contributed by atoms with Crippen molar-refractivity contribution in [2.75, 3.05) is 6.54 Å². The Labute approximate surface area is 115 Å². The molecule has 1 nitrogen and oxygen atoms in total. The first-order chi connectivity index (χ1) is 7.63. The molecule has 1 fully saturated rings. The van der Waals surface area contributed by atoms with Crippen LogP contribution in [0.4, 0.5) is 0 Å². The molecule has 0 bridgehead atoms. The fraction of sp³-hybridized carbons (Fsp3) is 0.667. The highest BCUT2D eigenvalue weighted by Crippen LogP contribution is 2.49. The summed E-state index contributed by atoms with van der Waals surface area (Å²) in [6, 6.07) is 2.68. The summed E-state index contributed by atoms with van der Waals surface area (Å²) in [5.74, 6) is 1.65. The molecule has 90 valence electrons. The Bertz CT molecular complexity index is 346. The summed E-state index contributed by atoms with van der Waals surface area (Å²) < 4.78 is 1.90. The van der Waals surface area contributed by atoms with Crippen LogP contribution in [0.5, 0.6) is 0 Å². The van der Waals surface area contributed by atoms with Crippen LogP contribution in [0.25, 0.3) is 0 Å². The zero-order chi connectivity index (χ0) is 11.7. The Balaban J connectivity index is 2.11. The normalized spacial score (nSPS) is 25.8. The van der Waals surface area contributed by atoms with Crippen LogP contribution in [-0.4, -0.2) is 6.54 Å². The van der Waals surface area contributed by atoms with Gasteiger partial charge in [0.25, 0.3) is 0 Å². The summed E-state index contributed by atoms with van der Waals surface area (Å²) in [6.07, 6.45) is 2.52. The van der Waals surface area contributed by atoms with Gasteiger partial charge < -0.3 is 5.32 Å². The molecule has 1 aliphatic carbocycles. The molecule has 1 aromatic heterocycles. The van der Waals surface area contributed by atoms with E-state index in [-0.39, 0.29) is 0 Å². The van der Waals surface area contributed by atoms with Gasteiger partial charge in [0.1, 0.15) is 4.34 Å². The fourth-order valence-corrected chi connectivity index (χ4v) is 3.98. The number of rotatable bonds is 5. The van der Waals surface area contributed by atoms with Gasteiger partial charge in [-0.15, -0.1) is 11.3 Å². The predicted octanol–water partition coefficient (Wildman–Crippen LogP) is 4.86. The molecular weight excluding hydrogens is 306 g/mol. The summed E-state index contributed by atoms with van der Waals surface area (Å²) in [4.78, 5) is 1.37. The fourth-order valence-electron chi connectivity index (χ4n) is 2.09. The van der Waals surface area contributed by atoms with Gasteiger partial charge in [0, 0.05) is 15.4 Å². The Morgan fingerprint density at radius 2 is 2.38 bits per heavy atom. The number of halogens is 2. The summed E-state index contributed by atoms with van der Waals surface area (Å²) in [6.45, 7) is 5.62. The van der Waals surface area contributed by atoms with Crippen molar-refractivity contribution in [3.63, 3.8) is 0 Å². The Morgan fingerprint density at radius 1 is 1.69 bits per heavy atom. The van der Waals surface area contributed by atoms with E-state index in [0.29, 0.717) is 6.04 Å². The van der Waals surface area contributed by atoms with Crippen LogP contribution in [0.15, 0.2) is 10.5 Å². The van der Waals surface area contributed by atoms with Gasteiger partial charge in [-0.05, 0) is 53.2 Å². The van der Waals surface area contributed by atoms with E-state index in [9.17, 15) is 0 Å². The second-order valence-corrected chi connectivity index (χ2v) is 7.12. The van der Waals surface area contributed by atoms with Crippen LogP contribution < -0.4 is 5.32 Å². The number of hydrogen-bond acceptors (Lipinski definition) is 2. The highest BCUT2D eigenvalue weighted by molar-refractivity contribution is 9.10. The predicted molar refractivity (Wildman–Crippen MR) is 75.3 cm³/mol. The number of thiophene rings is 1. The third-order valence-corrected chi connectivity index (χ3v) is 5.74. The van der Waals surface area contributed by atoms with E-state index in [1.54, 1.807) is 11.3 Å². The number of hydrogen-bond donors (Lipinski definition) is 1. The maximum absolute atomic E-state index is 6.11. The molecule has 0 saturated heterocycles. The second-order valence-electron chi connectivity index (χ2n) is 4.58. The molecule has 1 N–H and O–H groups in total. The molecule has 1 aliphatic rings. The van der Waals surface area contributed by atoms with Crippen molar-refractivity contribution in [1.29, 1.82) is 0 Å². The van der Waals surface area contributed by atoms with E-state index in [4.69, 9.17) is 11.6 Å². The van der Waals surface area contributed by atoms with Crippen LogP contribution in [0.1, 0.15) is 37.6 Å². The Hall–Kier alpha value is 0.430. The molecule has 0 radical (unpaired) electrons. The molecule has 3 atom stereocenters. The van der Waals surface area contributed by atoms with Gasteiger partial charge in [-0.2, -0.15) is 0 Å². The van der Waals surface area contributed by atoms with Crippen molar-refractivity contribution in [1.82, 2.24) is 5.32 Å². The summed E-state index contributed by atoms with van der Waals surface area (Å²) in [7, 11) is 0. The molecule has 1 heterocycles. The van der Waals surface area contributed by atoms with E-state index in [1.165, 1.54) is 17.7 Å². The van der Waals surface area contributed by atoms with Crippen LogP contribution in [0, 0.1) is 11.8 Å². The van der Waals surface area contributed by atoms with E-state index < -0.39 is 0 Å². The van der Waals surface area contributed by atoms with E-state index in [2.05, 4.69) is 41.2 Å². The largest absolute Gasteiger partial charge is 0.309 e. The second kappa shape index (κ2) is 5.38. The molecule has 4 heteroatoms. The monoisotopic (exact) mass is 321 g/mol. The lowest BCUT2D eigenvalue weighted by molar-refractivity contribution is 0.469. The maximum Gasteiger partial charge on any atom is 0.107 e. The van der Waals surface area contributed by atoms with E-state index in [0.717, 1.165) is 27.2 Å². The average Bonchev–Trinajstić information content (AvgIpc) is 2.86. The molecule has 16 heavy (non-hydrogen) atoms. The molecule has 3 unspecified atom stereocenters. The average molecular weight is 323 g/mol. The molecule has 2 rings (SSSR count). The van der Waals surface area contributed by atoms with Gasteiger partial charge >= 0.3 is 0 Å². The van der Waals surface area contributed by atoms with E-state index in [1.807, 2.05) is 0 Å². The van der Waals surface area contributed by atoms with Crippen molar-refractivity contribution in [3.05, 3.63) is 19.8 Å². The topological polar surface area (TPSA) is 12.0 Å². The molecule has 0 aliphatic heterocycles. The van der Waals surface area contributed by atoms with Gasteiger partial charge in [0.15, 0.2) is 0 Å². The Morgan fingerprint density at radius 3 is 2.81 bits per heavy atom. The van der Waals surface area contributed by atoms with Crippen molar-refractivity contribution in [2.24, 2.45) is 11.8 Å². The third-order valence-electron chi connectivity index (χ3n) is 3.18. The van der Waals surface area contributed by atoms with Crippen LogP contribution in [0.2, 0.25) is 4.34 Å². The van der Waals surface area contributed by atoms with Gasteiger partial charge in [0.2, 0.25) is 0 Å². The minimum Gasteiger partial charge on any atom is -0.309 e. The lowest BCUT2D eigenvalue weighted by Gasteiger charge is -2.16. The summed E-state index contributed by atoms with van der Waals surface area (Å²) >= 11 is 11.3. The van der Waals surface area contributed by atoms with Crippen LogP contribution in [0.3, 0.4) is 0 Å². The summed E-state index contributed by atoms with van der Waals surface area (Å²) in [5, 5.41) is 3.65. The van der Waals surface area contributed by atoms with Crippen molar-refractivity contribution < 1.29 is 0 Å². The first-order valence-electron chi connectivity index (χ1n) is 5.81. The molecule has 1 aromatic rings. The van der Waals surface area contributed by atoms with Gasteiger partial charge in [0.05, 0.1) is 0 Å². The first kappa shape index (κ1) is 12.9. The standard InChI is InChI=1S/C12H17BrClNS/c1-3-4-15-11(8-5-7(8)2)10-6-9(13)12(14)16-10/h6-8,11,15H,3-5H2,1-2H3. The molecule has 1 saturated carbocycles. The molecule has 0 spiro atoms. The maximum atomic E-state index is 6.11. The smallest absolute Gasteiger partial charge is 0.107 e.